The van der Waals surface area contributed by atoms with E-state index < -0.39 is 0 Å². The molecule has 19 heavy (non-hydrogen) atoms. The number of halogens is 1. The topological polar surface area (TPSA) is 18.5 Å². The van der Waals surface area contributed by atoms with E-state index in [0.717, 1.165) is 5.75 Å². The molecule has 0 atom stereocenters. The largest absolute Gasteiger partial charge is 0.491 e. The van der Waals surface area contributed by atoms with Crippen molar-refractivity contribution in [3.8, 4) is 11.5 Å². The predicted molar refractivity (Wildman–Crippen MR) is 72.9 cm³/mol. The molecule has 0 aliphatic carbocycles. The zero-order chi connectivity index (χ0) is 13.7. The van der Waals surface area contributed by atoms with Gasteiger partial charge < -0.3 is 9.47 Å². The zero-order valence-electron chi connectivity index (χ0n) is 11.1. The van der Waals surface area contributed by atoms with E-state index in [9.17, 15) is 4.39 Å². The van der Waals surface area contributed by atoms with E-state index in [1.165, 1.54) is 6.07 Å². The normalized spacial score (nSPS) is 10.5. The number of rotatable bonds is 5. The minimum atomic E-state index is -0.253. The van der Waals surface area contributed by atoms with Gasteiger partial charge in [0.1, 0.15) is 23.9 Å². The molecule has 0 radical (unpaired) electrons. The lowest BCUT2D eigenvalue weighted by Crippen LogP contribution is -2.05. The monoisotopic (exact) mass is 260 g/mol. The fourth-order valence-corrected chi connectivity index (χ4v) is 1.69. The van der Waals surface area contributed by atoms with Gasteiger partial charge >= 0.3 is 0 Å². The van der Waals surface area contributed by atoms with Crippen LogP contribution in [0, 0.1) is 5.82 Å². The van der Waals surface area contributed by atoms with Gasteiger partial charge in [-0.1, -0.05) is 24.3 Å². The van der Waals surface area contributed by atoms with Gasteiger partial charge in [0.05, 0.1) is 6.10 Å². The van der Waals surface area contributed by atoms with Crippen LogP contribution in [-0.4, -0.2) is 6.10 Å². The second-order valence-electron chi connectivity index (χ2n) is 4.52. The summed E-state index contributed by atoms with van der Waals surface area (Å²) in [6.45, 7) is 4.14. The summed E-state index contributed by atoms with van der Waals surface area (Å²) in [5.74, 6) is 1.17. The summed E-state index contributed by atoms with van der Waals surface area (Å²) in [6.07, 6.45) is 0.113. The molecule has 2 aromatic carbocycles. The van der Waals surface area contributed by atoms with Crippen molar-refractivity contribution in [2.24, 2.45) is 0 Å². The van der Waals surface area contributed by atoms with Gasteiger partial charge in [0, 0.05) is 11.6 Å². The van der Waals surface area contributed by atoms with Crippen molar-refractivity contribution in [2.75, 3.05) is 0 Å². The van der Waals surface area contributed by atoms with Gasteiger partial charge in [-0.3, -0.25) is 0 Å². The highest BCUT2D eigenvalue weighted by Gasteiger charge is 2.03. The average molecular weight is 260 g/mol. The van der Waals surface area contributed by atoms with Crippen LogP contribution in [0.1, 0.15) is 19.4 Å². The van der Waals surface area contributed by atoms with Crippen molar-refractivity contribution in [1.82, 2.24) is 0 Å². The SMILES string of the molecule is CC(C)Oc1cccc(OCc2ccccc2F)c1. The molecule has 0 aliphatic rings. The molecule has 2 rings (SSSR count). The maximum atomic E-state index is 13.4. The van der Waals surface area contributed by atoms with Crippen molar-refractivity contribution in [3.05, 3.63) is 59.9 Å². The van der Waals surface area contributed by atoms with Crippen molar-refractivity contribution >= 4 is 0 Å². The summed E-state index contributed by atoms with van der Waals surface area (Å²) in [4.78, 5) is 0. The summed E-state index contributed by atoms with van der Waals surface area (Å²) in [5.41, 5.74) is 0.540. The highest BCUT2D eigenvalue weighted by molar-refractivity contribution is 5.33. The van der Waals surface area contributed by atoms with Crippen LogP contribution in [0.15, 0.2) is 48.5 Å². The fraction of sp³-hybridized carbons (Fsp3) is 0.250. The summed E-state index contributed by atoms with van der Waals surface area (Å²) in [5, 5.41) is 0. The molecule has 0 spiro atoms. The molecule has 0 aromatic heterocycles. The van der Waals surface area contributed by atoms with E-state index in [1.807, 2.05) is 32.0 Å². The quantitative estimate of drug-likeness (QED) is 0.802. The number of hydrogen-bond donors (Lipinski definition) is 0. The molecule has 100 valence electrons. The van der Waals surface area contributed by atoms with Gasteiger partial charge in [0.2, 0.25) is 0 Å². The Hall–Kier alpha value is -2.03. The van der Waals surface area contributed by atoms with E-state index in [-0.39, 0.29) is 18.5 Å². The molecular weight excluding hydrogens is 243 g/mol. The van der Waals surface area contributed by atoms with Crippen LogP contribution in [0.5, 0.6) is 11.5 Å². The second-order valence-corrected chi connectivity index (χ2v) is 4.52. The summed E-state index contributed by atoms with van der Waals surface area (Å²) in [6, 6.07) is 14.0. The maximum absolute atomic E-state index is 13.4. The smallest absolute Gasteiger partial charge is 0.129 e. The molecule has 0 bridgehead atoms. The highest BCUT2D eigenvalue weighted by Crippen LogP contribution is 2.21. The van der Waals surface area contributed by atoms with Gasteiger partial charge in [-0.2, -0.15) is 0 Å². The van der Waals surface area contributed by atoms with Gasteiger partial charge in [-0.05, 0) is 32.0 Å². The Balaban J connectivity index is 2.02. The van der Waals surface area contributed by atoms with E-state index in [1.54, 1.807) is 24.3 Å². The molecule has 0 fully saturated rings. The molecule has 2 nitrogen and oxygen atoms in total. The van der Waals surface area contributed by atoms with Gasteiger partial charge in [-0.25, -0.2) is 4.39 Å². The lowest BCUT2D eigenvalue weighted by atomic mass is 10.2. The van der Waals surface area contributed by atoms with E-state index in [0.29, 0.717) is 11.3 Å². The van der Waals surface area contributed by atoms with Crippen LogP contribution in [0.2, 0.25) is 0 Å². The standard InChI is InChI=1S/C16H17FO2/c1-12(2)19-15-8-5-7-14(10-15)18-11-13-6-3-4-9-16(13)17/h3-10,12H,11H2,1-2H3. The lowest BCUT2D eigenvalue weighted by Gasteiger charge is -2.12. The van der Waals surface area contributed by atoms with Crippen molar-refractivity contribution in [2.45, 2.75) is 26.6 Å². The maximum Gasteiger partial charge on any atom is 0.129 e. The van der Waals surface area contributed by atoms with Crippen molar-refractivity contribution in [3.63, 3.8) is 0 Å². The van der Waals surface area contributed by atoms with E-state index >= 15 is 0 Å². The lowest BCUT2D eigenvalue weighted by molar-refractivity contribution is 0.239. The first-order chi connectivity index (χ1) is 9.15. The van der Waals surface area contributed by atoms with Gasteiger partial charge in [0.25, 0.3) is 0 Å². The summed E-state index contributed by atoms with van der Waals surface area (Å²) < 4.78 is 24.6. The molecule has 3 heteroatoms. The average Bonchev–Trinajstić information content (AvgIpc) is 2.37. The van der Waals surface area contributed by atoms with E-state index in [2.05, 4.69) is 0 Å². The highest BCUT2D eigenvalue weighted by atomic mass is 19.1. The van der Waals surface area contributed by atoms with Crippen LogP contribution < -0.4 is 9.47 Å². The summed E-state index contributed by atoms with van der Waals surface area (Å²) in [7, 11) is 0. The van der Waals surface area contributed by atoms with Crippen LogP contribution in [-0.2, 0) is 6.61 Å². The van der Waals surface area contributed by atoms with Gasteiger partial charge in [-0.15, -0.1) is 0 Å². The first kappa shape index (κ1) is 13.4. The summed E-state index contributed by atoms with van der Waals surface area (Å²) >= 11 is 0. The Bertz CT molecular complexity index is 538. The Morgan fingerprint density at radius 3 is 2.47 bits per heavy atom. The minimum absolute atomic E-state index is 0.113. The Kier molecular flexibility index (Phi) is 4.39. The molecule has 0 N–H and O–H groups in total. The molecule has 0 amide bonds. The van der Waals surface area contributed by atoms with Crippen LogP contribution >= 0.6 is 0 Å². The molecule has 2 aromatic rings. The molecule has 0 saturated carbocycles. The molecule has 0 aliphatic heterocycles. The number of hydrogen-bond acceptors (Lipinski definition) is 2. The molecule has 0 saturated heterocycles. The second kappa shape index (κ2) is 6.23. The zero-order valence-corrected chi connectivity index (χ0v) is 11.1. The molecule has 0 unspecified atom stereocenters. The predicted octanol–water partition coefficient (Wildman–Crippen LogP) is 4.19. The van der Waals surface area contributed by atoms with Crippen LogP contribution in [0.3, 0.4) is 0 Å². The van der Waals surface area contributed by atoms with Crippen molar-refractivity contribution in [1.29, 1.82) is 0 Å². The molecular formula is C16H17FO2. The molecule has 0 heterocycles. The fourth-order valence-electron chi connectivity index (χ4n) is 1.69. The Morgan fingerprint density at radius 1 is 1.00 bits per heavy atom. The minimum Gasteiger partial charge on any atom is -0.491 e. The third kappa shape index (κ3) is 3.98. The first-order valence-electron chi connectivity index (χ1n) is 6.28. The Morgan fingerprint density at radius 2 is 1.74 bits per heavy atom. The number of benzene rings is 2. The van der Waals surface area contributed by atoms with Gasteiger partial charge in [0.15, 0.2) is 0 Å². The number of ether oxygens (including phenoxy) is 2. The van der Waals surface area contributed by atoms with Crippen molar-refractivity contribution < 1.29 is 13.9 Å². The third-order valence-electron chi connectivity index (χ3n) is 2.53. The third-order valence-corrected chi connectivity index (χ3v) is 2.53. The van der Waals surface area contributed by atoms with E-state index in [4.69, 9.17) is 9.47 Å². The Labute approximate surface area is 112 Å². The van der Waals surface area contributed by atoms with Crippen LogP contribution in [0.4, 0.5) is 4.39 Å². The first-order valence-corrected chi connectivity index (χ1v) is 6.28. The van der Waals surface area contributed by atoms with Crippen LogP contribution in [0.25, 0.3) is 0 Å².